The van der Waals surface area contributed by atoms with Crippen LogP contribution in [0.25, 0.3) is 0 Å². The fourth-order valence-corrected chi connectivity index (χ4v) is 4.91. The van der Waals surface area contributed by atoms with Gasteiger partial charge < -0.3 is 9.64 Å². The third kappa shape index (κ3) is 5.52. The molecule has 1 amide bonds. The molecule has 1 atom stereocenters. The molecule has 1 saturated heterocycles. The molecular formula is C20H29NO2S. The van der Waals surface area contributed by atoms with Crippen LogP contribution in [0, 0.1) is 5.92 Å². The van der Waals surface area contributed by atoms with E-state index in [1.54, 1.807) is 0 Å². The van der Waals surface area contributed by atoms with Crippen LogP contribution in [0.5, 0.6) is 0 Å². The Bertz CT molecular complexity index is 502. The molecule has 0 spiro atoms. The van der Waals surface area contributed by atoms with Gasteiger partial charge in [0.05, 0.1) is 19.0 Å². The molecule has 1 unspecified atom stereocenters. The fraction of sp³-hybridized carbons (Fsp3) is 0.650. The minimum atomic E-state index is 0.333. The van der Waals surface area contributed by atoms with Crippen molar-refractivity contribution in [3.05, 3.63) is 35.9 Å². The van der Waals surface area contributed by atoms with E-state index >= 15 is 0 Å². The predicted molar refractivity (Wildman–Crippen MR) is 100 cm³/mol. The Morgan fingerprint density at radius 2 is 1.92 bits per heavy atom. The van der Waals surface area contributed by atoms with Crippen molar-refractivity contribution >= 4 is 17.7 Å². The Hall–Kier alpha value is -1.00. The second kappa shape index (κ2) is 9.47. The maximum absolute atomic E-state index is 12.5. The molecule has 0 bridgehead atoms. The lowest BCUT2D eigenvalue weighted by Gasteiger charge is -2.33. The van der Waals surface area contributed by atoms with Gasteiger partial charge in [0.15, 0.2) is 0 Å². The number of ether oxygens (including phenoxy) is 1. The normalized spacial score (nSPS) is 22.0. The molecule has 24 heavy (non-hydrogen) atoms. The van der Waals surface area contributed by atoms with E-state index in [4.69, 9.17) is 4.74 Å². The van der Waals surface area contributed by atoms with Gasteiger partial charge in [-0.05, 0) is 37.2 Å². The van der Waals surface area contributed by atoms with Crippen LogP contribution in [0.15, 0.2) is 30.3 Å². The molecule has 0 radical (unpaired) electrons. The van der Waals surface area contributed by atoms with Crippen LogP contribution in [0.4, 0.5) is 0 Å². The summed E-state index contributed by atoms with van der Waals surface area (Å²) in [6, 6.07) is 10.3. The number of rotatable bonds is 7. The first-order valence-corrected chi connectivity index (χ1v) is 10.4. The van der Waals surface area contributed by atoms with Crippen molar-refractivity contribution in [2.45, 2.75) is 50.4 Å². The summed E-state index contributed by atoms with van der Waals surface area (Å²) < 4.78 is 5.89. The molecule has 1 aromatic rings. The van der Waals surface area contributed by atoms with Crippen LogP contribution in [-0.4, -0.2) is 41.5 Å². The van der Waals surface area contributed by atoms with Gasteiger partial charge in [0, 0.05) is 18.3 Å². The van der Waals surface area contributed by atoms with Gasteiger partial charge in [-0.25, -0.2) is 0 Å². The van der Waals surface area contributed by atoms with E-state index in [-0.39, 0.29) is 0 Å². The summed E-state index contributed by atoms with van der Waals surface area (Å²) in [5.41, 5.74) is 1.22. The van der Waals surface area contributed by atoms with E-state index in [2.05, 4.69) is 17.0 Å². The van der Waals surface area contributed by atoms with Crippen molar-refractivity contribution in [1.82, 2.24) is 4.90 Å². The minimum absolute atomic E-state index is 0.333. The molecule has 3 rings (SSSR count). The fourth-order valence-electron chi connectivity index (χ4n) is 3.68. The second-order valence-electron chi connectivity index (χ2n) is 7.07. The third-order valence-electron chi connectivity index (χ3n) is 5.08. The molecule has 1 aromatic carbocycles. The topological polar surface area (TPSA) is 29.5 Å². The Balaban J connectivity index is 1.36. The SMILES string of the molecule is O=C(CSC1CCCC1)N1CCCC(COCc2ccccc2)C1. The summed E-state index contributed by atoms with van der Waals surface area (Å²) >= 11 is 1.88. The molecule has 1 aliphatic heterocycles. The Kier molecular flexibility index (Phi) is 7.03. The third-order valence-corrected chi connectivity index (χ3v) is 6.44. The van der Waals surface area contributed by atoms with Crippen molar-refractivity contribution in [2.24, 2.45) is 5.92 Å². The highest BCUT2D eigenvalue weighted by Crippen LogP contribution is 2.29. The second-order valence-corrected chi connectivity index (χ2v) is 8.35. The largest absolute Gasteiger partial charge is 0.376 e. The lowest BCUT2D eigenvalue weighted by molar-refractivity contribution is -0.130. The number of amides is 1. The summed E-state index contributed by atoms with van der Waals surface area (Å²) in [6.45, 7) is 3.23. The molecule has 0 aromatic heterocycles. The molecule has 4 heteroatoms. The Morgan fingerprint density at radius 1 is 1.12 bits per heavy atom. The minimum Gasteiger partial charge on any atom is -0.376 e. The summed E-state index contributed by atoms with van der Waals surface area (Å²) in [5, 5.41) is 0.726. The molecule has 1 heterocycles. The number of benzene rings is 1. The lowest BCUT2D eigenvalue weighted by Crippen LogP contribution is -2.42. The number of carbonyl (C=O) groups excluding carboxylic acids is 1. The number of hydrogen-bond acceptors (Lipinski definition) is 3. The summed E-state index contributed by atoms with van der Waals surface area (Å²) in [6.07, 6.45) is 7.57. The smallest absolute Gasteiger partial charge is 0.232 e. The van der Waals surface area contributed by atoms with E-state index in [0.29, 0.717) is 24.2 Å². The number of thioether (sulfide) groups is 1. The van der Waals surface area contributed by atoms with Crippen LogP contribution < -0.4 is 0 Å². The molecular weight excluding hydrogens is 318 g/mol. The zero-order valence-corrected chi connectivity index (χ0v) is 15.3. The Labute approximate surface area is 150 Å². The van der Waals surface area contributed by atoms with Gasteiger partial charge in [0.1, 0.15) is 0 Å². The van der Waals surface area contributed by atoms with E-state index in [1.165, 1.54) is 37.7 Å². The van der Waals surface area contributed by atoms with Crippen LogP contribution in [0.2, 0.25) is 0 Å². The van der Waals surface area contributed by atoms with E-state index in [1.807, 2.05) is 30.0 Å². The van der Waals surface area contributed by atoms with E-state index in [0.717, 1.165) is 31.4 Å². The predicted octanol–water partition coefficient (Wildman–Crippen LogP) is 4.12. The summed E-state index contributed by atoms with van der Waals surface area (Å²) in [5.74, 6) is 1.49. The van der Waals surface area contributed by atoms with Crippen molar-refractivity contribution in [1.29, 1.82) is 0 Å². The van der Waals surface area contributed by atoms with Gasteiger partial charge in [-0.3, -0.25) is 4.79 Å². The highest BCUT2D eigenvalue weighted by molar-refractivity contribution is 8.00. The van der Waals surface area contributed by atoms with Crippen LogP contribution in [0.1, 0.15) is 44.1 Å². The van der Waals surface area contributed by atoms with Gasteiger partial charge in [0.2, 0.25) is 5.91 Å². The number of nitrogens with zero attached hydrogens (tertiary/aromatic N) is 1. The highest BCUT2D eigenvalue weighted by atomic mass is 32.2. The van der Waals surface area contributed by atoms with Crippen LogP contribution in [0.3, 0.4) is 0 Å². The number of likely N-dealkylation sites (tertiary alicyclic amines) is 1. The zero-order valence-electron chi connectivity index (χ0n) is 14.5. The summed E-state index contributed by atoms with van der Waals surface area (Å²) in [7, 11) is 0. The van der Waals surface area contributed by atoms with Gasteiger partial charge in [0.25, 0.3) is 0 Å². The molecule has 1 aliphatic carbocycles. The zero-order chi connectivity index (χ0) is 16.6. The number of carbonyl (C=O) groups is 1. The van der Waals surface area contributed by atoms with Crippen molar-refractivity contribution in [3.8, 4) is 0 Å². The van der Waals surface area contributed by atoms with Crippen LogP contribution >= 0.6 is 11.8 Å². The van der Waals surface area contributed by atoms with Crippen LogP contribution in [-0.2, 0) is 16.1 Å². The first kappa shape index (κ1) is 17.8. The molecule has 1 saturated carbocycles. The monoisotopic (exact) mass is 347 g/mol. The van der Waals surface area contributed by atoms with E-state index in [9.17, 15) is 4.79 Å². The van der Waals surface area contributed by atoms with Crippen molar-refractivity contribution < 1.29 is 9.53 Å². The Morgan fingerprint density at radius 3 is 2.71 bits per heavy atom. The van der Waals surface area contributed by atoms with Gasteiger partial charge in [-0.1, -0.05) is 43.2 Å². The number of hydrogen-bond donors (Lipinski definition) is 0. The average molecular weight is 348 g/mol. The van der Waals surface area contributed by atoms with Gasteiger partial charge >= 0.3 is 0 Å². The molecule has 2 aliphatic rings. The molecule has 3 nitrogen and oxygen atoms in total. The maximum atomic E-state index is 12.5. The molecule has 0 N–H and O–H groups in total. The quantitative estimate of drug-likeness (QED) is 0.743. The van der Waals surface area contributed by atoms with E-state index < -0.39 is 0 Å². The first-order valence-electron chi connectivity index (χ1n) is 9.32. The van der Waals surface area contributed by atoms with Crippen molar-refractivity contribution in [2.75, 3.05) is 25.4 Å². The standard InChI is InChI=1S/C20H29NO2S/c22-20(16-24-19-10-4-5-11-19)21-12-6-9-18(13-21)15-23-14-17-7-2-1-3-8-17/h1-3,7-8,18-19H,4-6,9-16H2. The number of piperidine rings is 1. The van der Waals surface area contributed by atoms with Crippen molar-refractivity contribution in [3.63, 3.8) is 0 Å². The van der Waals surface area contributed by atoms with Gasteiger partial charge in [-0.2, -0.15) is 0 Å². The summed E-state index contributed by atoms with van der Waals surface area (Å²) in [4.78, 5) is 14.5. The maximum Gasteiger partial charge on any atom is 0.232 e. The average Bonchev–Trinajstić information content (AvgIpc) is 3.14. The highest BCUT2D eigenvalue weighted by Gasteiger charge is 2.25. The van der Waals surface area contributed by atoms with Gasteiger partial charge in [-0.15, -0.1) is 11.8 Å². The first-order chi connectivity index (χ1) is 11.8. The molecule has 2 fully saturated rings. The molecule has 132 valence electrons. The lowest BCUT2D eigenvalue weighted by atomic mass is 9.99.